The number of hydrogen-bond donors (Lipinski definition) is 1. The number of amides is 1. The standard InChI is InChI=1S/C21H26N2O7S2/c1-15(16-6-9-18(10-7-16)31(2,25)26)22-21(24)5-4-12-23(32(3,27)28)17-8-11-19-20(13-17)30-14-29-19/h6-11,13,15H,4-5,12,14H2,1-3H3,(H,22,24). The quantitative estimate of drug-likeness (QED) is 0.582. The lowest BCUT2D eigenvalue weighted by Crippen LogP contribution is -2.32. The Balaban J connectivity index is 1.57. The normalized spacial score (nSPS) is 14.1. The second-order valence-corrected chi connectivity index (χ2v) is 11.5. The predicted molar refractivity (Wildman–Crippen MR) is 120 cm³/mol. The minimum atomic E-state index is -3.56. The van der Waals surface area contributed by atoms with Crippen LogP contribution in [0.5, 0.6) is 11.5 Å². The molecule has 0 aliphatic carbocycles. The molecule has 2 aromatic rings. The van der Waals surface area contributed by atoms with Crippen LogP contribution in [0.4, 0.5) is 5.69 Å². The third kappa shape index (κ3) is 5.92. The maximum Gasteiger partial charge on any atom is 0.232 e. The maximum atomic E-state index is 12.4. The van der Waals surface area contributed by atoms with Crippen LogP contribution in [-0.2, 0) is 24.7 Å². The van der Waals surface area contributed by atoms with Crippen molar-refractivity contribution in [2.75, 3.05) is 30.2 Å². The van der Waals surface area contributed by atoms with E-state index < -0.39 is 19.9 Å². The van der Waals surface area contributed by atoms with E-state index in [0.29, 0.717) is 23.6 Å². The van der Waals surface area contributed by atoms with Crippen molar-refractivity contribution in [1.82, 2.24) is 5.32 Å². The number of nitrogens with zero attached hydrogens (tertiary/aromatic N) is 1. The minimum absolute atomic E-state index is 0.0903. The topological polar surface area (TPSA) is 119 Å². The molecule has 1 aliphatic heterocycles. The number of sulfone groups is 1. The fourth-order valence-corrected chi connectivity index (χ4v) is 4.90. The van der Waals surface area contributed by atoms with Crippen molar-refractivity contribution < 1.29 is 31.1 Å². The highest BCUT2D eigenvalue weighted by Crippen LogP contribution is 2.36. The van der Waals surface area contributed by atoms with Crippen LogP contribution >= 0.6 is 0 Å². The molecule has 1 heterocycles. The van der Waals surface area contributed by atoms with Crippen molar-refractivity contribution in [2.45, 2.75) is 30.7 Å². The van der Waals surface area contributed by atoms with E-state index in [2.05, 4.69) is 5.32 Å². The monoisotopic (exact) mass is 482 g/mol. The summed E-state index contributed by atoms with van der Waals surface area (Å²) in [6.07, 6.45) is 2.69. The van der Waals surface area contributed by atoms with Gasteiger partial charge in [0.2, 0.25) is 22.7 Å². The Bertz CT molecular complexity index is 1190. The van der Waals surface area contributed by atoms with Crippen molar-refractivity contribution >= 4 is 31.5 Å². The van der Waals surface area contributed by atoms with Gasteiger partial charge in [-0.1, -0.05) is 12.1 Å². The Kier molecular flexibility index (Phi) is 6.99. The van der Waals surface area contributed by atoms with Gasteiger partial charge in [-0.05, 0) is 43.2 Å². The molecule has 1 amide bonds. The number of carbonyl (C=O) groups is 1. The lowest BCUT2D eigenvalue weighted by molar-refractivity contribution is -0.121. The lowest BCUT2D eigenvalue weighted by Gasteiger charge is -2.23. The van der Waals surface area contributed by atoms with Gasteiger partial charge < -0.3 is 14.8 Å². The predicted octanol–water partition coefficient (Wildman–Crippen LogP) is 2.24. The summed E-state index contributed by atoms with van der Waals surface area (Å²) in [5, 5.41) is 2.85. The summed E-state index contributed by atoms with van der Waals surface area (Å²) in [6, 6.07) is 10.9. The van der Waals surface area contributed by atoms with Crippen molar-refractivity contribution in [2.24, 2.45) is 0 Å². The molecule has 32 heavy (non-hydrogen) atoms. The number of anilines is 1. The number of carbonyl (C=O) groups excluding carboxylic acids is 1. The molecule has 11 heteroatoms. The van der Waals surface area contributed by atoms with E-state index in [9.17, 15) is 21.6 Å². The fraction of sp³-hybridized carbons (Fsp3) is 0.381. The van der Waals surface area contributed by atoms with E-state index in [1.165, 1.54) is 16.4 Å². The minimum Gasteiger partial charge on any atom is -0.454 e. The number of nitrogens with one attached hydrogen (secondary N) is 1. The van der Waals surface area contributed by atoms with Gasteiger partial charge in [-0.25, -0.2) is 16.8 Å². The van der Waals surface area contributed by atoms with Crippen LogP contribution in [0.25, 0.3) is 0 Å². The first-order valence-corrected chi connectivity index (χ1v) is 13.7. The van der Waals surface area contributed by atoms with Crippen LogP contribution in [0.15, 0.2) is 47.4 Å². The van der Waals surface area contributed by atoms with Crippen LogP contribution in [0.1, 0.15) is 31.4 Å². The van der Waals surface area contributed by atoms with Crippen LogP contribution in [0.2, 0.25) is 0 Å². The highest BCUT2D eigenvalue weighted by Gasteiger charge is 2.22. The number of sulfonamides is 1. The molecular formula is C21H26N2O7S2. The smallest absolute Gasteiger partial charge is 0.232 e. The van der Waals surface area contributed by atoms with Crippen molar-refractivity contribution in [1.29, 1.82) is 0 Å². The van der Waals surface area contributed by atoms with Gasteiger partial charge in [0.05, 0.1) is 22.9 Å². The van der Waals surface area contributed by atoms with Gasteiger partial charge in [0.15, 0.2) is 21.3 Å². The molecule has 0 bridgehead atoms. The zero-order chi connectivity index (χ0) is 23.5. The molecule has 0 aromatic heterocycles. The van der Waals surface area contributed by atoms with Crippen molar-refractivity contribution in [3.63, 3.8) is 0 Å². The number of fused-ring (bicyclic) bond motifs is 1. The number of ether oxygens (including phenoxy) is 2. The molecule has 0 fully saturated rings. The van der Waals surface area contributed by atoms with E-state index in [0.717, 1.165) is 18.1 Å². The lowest BCUT2D eigenvalue weighted by atomic mass is 10.1. The zero-order valence-electron chi connectivity index (χ0n) is 18.1. The fourth-order valence-electron chi connectivity index (χ4n) is 3.31. The summed E-state index contributed by atoms with van der Waals surface area (Å²) in [4.78, 5) is 12.6. The molecule has 3 rings (SSSR count). The highest BCUT2D eigenvalue weighted by molar-refractivity contribution is 7.92. The average Bonchev–Trinajstić information content (AvgIpc) is 3.17. The molecular weight excluding hydrogens is 456 g/mol. The van der Waals surface area contributed by atoms with Crippen LogP contribution in [-0.4, -0.2) is 48.6 Å². The van der Waals surface area contributed by atoms with Gasteiger partial charge in [-0.2, -0.15) is 0 Å². The second kappa shape index (κ2) is 9.37. The molecule has 1 atom stereocenters. The zero-order valence-corrected chi connectivity index (χ0v) is 19.7. The summed E-state index contributed by atoms with van der Waals surface area (Å²) >= 11 is 0. The first kappa shape index (κ1) is 23.9. The largest absolute Gasteiger partial charge is 0.454 e. The molecule has 9 nitrogen and oxygen atoms in total. The molecule has 0 radical (unpaired) electrons. The van der Waals surface area contributed by atoms with Gasteiger partial charge in [-0.3, -0.25) is 9.10 Å². The van der Waals surface area contributed by atoms with Crippen molar-refractivity contribution in [3.8, 4) is 11.5 Å². The first-order valence-electron chi connectivity index (χ1n) is 9.92. The third-order valence-electron chi connectivity index (χ3n) is 5.00. The van der Waals surface area contributed by atoms with Gasteiger partial charge in [0, 0.05) is 25.3 Å². The second-order valence-electron chi connectivity index (χ2n) is 7.61. The molecule has 1 unspecified atom stereocenters. The summed E-state index contributed by atoms with van der Waals surface area (Å²) < 4.78 is 59.5. The summed E-state index contributed by atoms with van der Waals surface area (Å²) in [5.41, 5.74) is 1.21. The molecule has 0 saturated heterocycles. The third-order valence-corrected chi connectivity index (χ3v) is 7.32. The Hall–Kier alpha value is -2.79. The van der Waals surface area contributed by atoms with E-state index in [1.807, 2.05) is 0 Å². The molecule has 1 N–H and O–H groups in total. The van der Waals surface area contributed by atoms with Crippen LogP contribution < -0.4 is 19.1 Å². The van der Waals surface area contributed by atoms with Gasteiger partial charge in [0.25, 0.3) is 0 Å². The van der Waals surface area contributed by atoms with E-state index in [4.69, 9.17) is 9.47 Å². The Morgan fingerprint density at radius 2 is 1.69 bits per heavy atom. The number of hydrogen-bond acceptors (Lipinski definition) is 7. The maximum absolute atomic E-state index is 12.4. The summed E-state index contributed by atoms with van der Waals surface area (Å²) in [7, 11) is -6.84. The Labute approximate surface area is 188 Å². The molecule has 2 aromatic carbocycles. The van der Waals surface area contributed by atoms with E-state index in [1.54, 1.807) is 37.3 Å². The Morgan fingerprint density at radius 1 is 1.03 bits per heavy atom. The Morgan fingerprint density at radius 3 is 2.31 bits per heavy atom. The number of rotatable bonds is 9. The van der Waals surface area contributed by atoms with E-state index >= 15 is 0 Å². The van der Waals surface area contributed by atoms with Gasteiger partial charge in [0.1, 0.15) is 0 Å². The molecule has 1 aliphatic rings. The van der Waals surface area contributed by atoms with Gasteiger partial charge >= 0.3 is 0 Å². The average molecular weight is 483 g/mol. The highest BCUT2D eigenvalue weighted by atomic mass is 32.2. The summed E-state index contributed by atoms with van der Waals surface area (Å²) in [6.45, 7) is 2.01. The van der Waals surface area contributed by atoms with E-state index in [-0.39, 0.29) is 36.6 Å². The summed E-state index contributed by atoms with van der Waals surface area (Å²) in [5.74, 6) is 0.800. The van der Waals surface area contributed by atoms with Crippen LogP contribution in [0.3, 0.4) is 0 Å². The molecule has 0 spiro atoms. The van der Waals surface area contributed by atoms with Crippen molar-refractivity contribution in [3.05, 3.63) is 48.0 Å². The molecule has 0 saturated carbocycles. The van der Waals surface area contributed by atoms with Gasteiger partial charge in [-0.15, -0.1) is 0 Å². The van der Waals surface area contributed by atoms with Crippen LogP contribution in [0, 0.1) is 0 Å². The SMILES string of the molecule is CC(NC(=O)CCCN(c1ccc2c(c1)OCO2)S(C)(=O)=O)c1ccc(S(C)(=O)=O)cc1. The molecule has 174 valence electrons. The number of benzene rings is 2. The first-order chi connectivity index (χ1) is 14.9.